The topological polar surface area (TPSA) is 55.8 Å². The lowest BCUT2D eigenvalue weighted by Crippen LogP contribution is -2.27. The molecule has 0 radical (unpaired) electrons. The van der Waals surface area contributed by atoms with Crippen LogP contribution >= 0.6 is 0 Å². The Hall–Kier alpha value is -2.85. The number of ether oxygens (including phenoxy) is 2. The first-order valence-electron chi connectivity index (χ1n) is 8.94. The van der Waals surface area contributed by atoms with E-state index in [1.54, 1.807) is 0 Å². The van der Waals surface area contributed by atoms with Crippen molar-refractivity contribution in [2.75, 3.05) is 0 Å². The van der Waals surface area contributed by atoms with Gasteiger partial charge in [0.2, 0.25) is 0 Å². The zero-order valence-electron chi connectivity index (χ0n) is 15.8. The minimum atomic E-state index is -1.12. The van der Waals surface area contributed by atoms with Gasteiger partial charge in [-0.25, -0.2) is 4.79 Å². The number of benzene rings is 3. The zero-order chi connectivity index (χ0) is 19.4. The molecule has 0 amide bonds. The molecule has 140 valence electrons. The molecule has 1 N–H and O–H groups in total. The number of rotatable bonds is 6. The molecule has 0 aliphatic heterocycles. The minimum Gasteiger partial charge on any atom is -0.488 e. The van der Waals surface area contributed by atoms with Crippen molar-refractivity contribution in [1.29, 1.82) is 0 Å². The summed E-state index contributed by atoms with van der Waals surface area (Å²) in [6, 6.07) is 21.2. The van der Waals surface area contributed by atoms with Gasteiger partial charge in [-0.1, -0.05) is 60.7 Å². The molecule has 0 aliphatic rings. The van der Waals surface area contributed by atoms with Crippen LogP contribution in [0.15, 0.2) is 66.7 Å². The van der Waals surface area contributed by atoms with Crippen LogP contribution in [-0.2, 0) is 16.1 Å². The van der Waals surface area contributed by atoms with Crippen LogP contribution in [0.25, 0.3) is 10.8 Å². The summed E-state index contributed by atoms with van der Waals surface area (Å²) in [5, 5.41) is 11.6. The molecule has 0 spiro atoms. The molecule has 3 rings (SSSR count). The molecular formula is C23H24O4. The SMILES string of the molecule is CC(C)(C)OC(C(=O)O)c1c(OCc2ccccc2)ccc2ccccc12. The van der Waals surface area contributed by atoms with Gasteiger partial charge < -0.3 is 14.6 Å². The monoisotopic (exact) mass is 364 g/mol. The van der Waals surface area contributed by atoms with Gasteiger partial charge in [0.05, 0.1) is 5.60 Å². The number of hydrogen-bond donors (Lipinski definition) is 1. The Balaban J connectivity index is 2.07. The fraction of sp³-hybridized carbons (Fsp3) is 0.261. The molecule has 1 atom stereocenters. The number of carboxylic acids is 1. The van der Waals surface area contributed by atoms with Gasteiger partial charge in [0.25, 0.3) is 0 Å². The molecule has 0 aliphatic carbocycles. The van der Waals surface area contributed by atoms with Crippen molar-refractivity contribution in [1.82, 2.24) is 0 Å². The average molecular weight is 364 g/mol. The molecule has 27 heavy (non-hydrogen) atoms. The van der Waals surface area contributed by atoms with Gasteiger partial charge in [-0.05, 0) is 43.2 Å². The standard InChI is InChI=1S/C23H24O4/c1-23(2,3)27-21(22(24)25)20-18-12-8-7-11-17(18)13-14-19(20)26-15-16-9-5-4-6-10-16/h4-14,21H,15H2,1-3H3,(H,24,25). The summed E-state index contributed by atoms with van der Waals surface area (Å²) in [6.45, 7) is 5.89. The maximum Gasteiger partial charge on any atom is 0.337 e. The maximum atomic E-state index is 12.1. The van der Waals surface area contributed by atoms with Crippen molar-refractivity contribution in [3.8, 4) is 5.75 Å². The Labute approximate surface area is 159 Å². The van der Waals surface area contributed by atoms with Crippen LogP contribution in [-0.4, -0.2) is 16.7 Å². The molecule has 3 aromatic carbocycles. The first-order chi connectivity index (χ1) is 12.8. The third-order valence-corrected chi connectivity index (χ3v) is 4.13. The predicted molar refractivity (Wildman–Crippen MR) is 106 cm³/mol. The van der Waals surface area contributed by atoms with Crippen LogP contribution in [0.1, 0.15) is 38.0 Å². The van der Waals surface area contributed by atoms with Gasteiger partial charge in [-0.15, -0.1) is 0 Å². The van der Waals surface area contributed by atoms with Crippen molar-refractivity contribution in [3.63, 3.8) is 0 Å². The quantitative estimate of drug-likeness (QED) is 0.640. The summed E-state index contributed by atoms with van der Waals surface area (Å²) in [7, 11) is 0. The lowest BCUT2D eigenvalue weighted by molar-refractivity contribution is -0.160. The van der Waals surface area contributed by atoms with E-state index >= 15 is 0 Å². The fourth-order valence-electron chi connectivity index (χ4n) is 2.99. The highest BCUT2D eigenvalue weighted by molar-refractivity contribution is 5.92. The Morgan fingerprint density at radius 1 is 0.963 bits per heavy atom. The van der Waals surface area contributed by atoms with E-state index in [2.05, 4.69) is 0 Å². The minimum absolute atomic E-state index is 0.355. The highest BCUT2D eigenvalue weighted by atomic mass is 16.5. The number of carboxylic acid groups (broad SMARTS) is 1. The van der Waals surface area contributed by atoms with Crippen LogP contribution in [0.4, 0.5) is 0 Å². The number of fused-ring (bicyclic) bond motifs is 1. The summed E-state index contributed by atoms with van der Waals surface area (Å²) >= 11 is 0. The molecule has 0 aromatic heterocycles. The average Bonchev–Trinajstić information content (AvgIpc) is 2.64. The third-order valence-electron chi connectivity index (χ3n) is 4.13. The first-order valence-corrected chi connectivity index (χ1v) is 8.94. The van der Waals surface area contributed by atoms with E-state index < -0.39 is 17.7 Å². The van der Waals surface area contributed by atoms with Crippen LogP contribution in [0.2, 0.25) is 0 Å². The van der Waals surface area contributed by atoms with Crippen LogP contribution < -0.4 is 4.74 Å². The molecule has 0 heterocycles. The second-order valence-corrected chi connectivity index (χ2v) is 7.42. The van der Waals surface area contributed by atoms with E-state index in [0.29, 0.717) is 17.9 Å². The van der Waals surface area contributed by atoms with E-state index in [4.69, 9.17) is 9.47 Å². The lowest BCUT2D eigenvalue weighted by Gasteiger charge is -2.27. The van der Waals surface area contributed by atoms with E-state index in [1.807, 2.05) is 87.5 Å². The molecule has 4 nitrogen and oxygen atoms in total. The molecule has 3 aromatic rings. The Morgan fingerprint density at radius 2 is 1.63 bits per heavy atom. The van der Waals surface area contributed by atoms with E-state index in [0.717, 1.165) is 16.3 Å². The van der Waals surface area contributed by atoms with Gasteiger partial charge in [0.15, 0.2) is 6.10 Å². The fourth-order valence-corrected chi connectivity index (χ4v) is 2.99. The summed E-state index contributed by atoms with van der Waals surface area (Å²) < 4.78 is 11.9. The van der Waals surface area contributed by atoms with Crippen LogP contribution in [0, 0.1) is 0 Å². The third kappa shape index (κ3) is 4.66. The van der Waals surface area contributed by atoms with Crippen LogP contribution in [0.3, 0.4) is 0 Å². The smallest absolute Gasteiger partial charge is 0.337 e. The second kappa shape index (κ2) is 7.80. The number of hydrogen-bond acceptors (Lipinski definition) is 3. The Bertz CT molecular complexity index is 926. The van der Waals surface area contributed by atoms with Crippen molar-refractivity contribution < 1.29 is 19.4 Å². The second-order valence-electron chi connectivity index (χ2n) is 7.42. The molecule has 0 fully saturated rings. The normalized spacial score (nSPS) is 12.7. The van der Waals surface area contributed by atoms with Gasteiger partial charge in [0.1, 0.15) is 12.4 Å². The molecule has 0 bridgehead atoms. The molecular weight excluding hydrogens is 340 g/mol. The highest BCUT2D eigenvalue weighted by Crippen LogP contribution is 2.37. The number of aliphatic carboxylic acids is 1. The highest BCUT2D eigenvalue weighted by Gasteiger charge is 2.31. The van der Waals surface area contributed by atoms with Gasteiger partial charge in [-0.2, -0.15) is 0 Å². The van der Waals surface area contributed by atoms with Gasteiger partial charge in [-0.3, -0.25) is 0 Å². The molecule has 4 heteroatoms. The summed E-state index contributed by atoms with van der Waals surface area (Å²) in [6.07, 6.45) is -1.12. The van der Waals surface area contributed by atoms with Crippen molar-refractivity contribution in [2.45, 2.75) is 39.1 Å². The van der Waals surface area contributed by atoms with Crippen LogP contribution in [0.5, 0.6) is 5.75 Å². The summed E-state index contributed by atoms with van der Waals surface area (Å²) in [5.74, 6) is -0.514. The first kappa shape index (κ1) is 18.9. The van der Waals surface area contributed by atoms with Crippen molar-refractivity contribution in [3.05, 3.63) is 77.9 Å². The Morgan fingerprint density at radius 3 is 2.30 bits per heavy atom. The maximum absolute atomic E-state index is 12.1. The van der Waals surface area contributed by atoms with E-state index in [9.17, 15) is 9.90 Å². The van der Waals surface area contributed by atoms with Gasteiger partial charge in [0, 0.05) is 5.56 Å². The Kier molecular flexibility index (Phi) is 5.47. The molecule has 0 saturated heterocycles. The van der Waals surface area contributed by atoms with E-state index in [-0.39, 0.29) is 0 Å². The largest absolute Gasteiger partial charge is 0.488 e. The van der Waals surface area contributed by atoms with E-state index in [1.165, 1.54) is 0 Å². The summed E-state index contributed by atoms with van der Waals surface area (Å²) in [5.41, 5.74) is 0.947. The zero-order valence-corrected chi connectivity index (χ0v) is 15.8. The number of carbonyl (C=O) groups is 1. The van der Waals surface area contributed by atoms with Crippen molar-refractivity contribution >= 4 is 16.7 Å². The lowest BCUT2D eigenvalue weighted by atomic mass is 9.98. The summed E-state index contributed by atoms with van der Waals surface area (Å²) in [4.78, 5) is 12.1. The predicted octanol–water partition coefficient (Wildman–Crippen LogP) is 5.36. The molecule has 0 saturated carbocycles. The van der Waals surface area contributed by atoms with Crippen molar-refractivity contribution in [2.24, 2.45) is 0 Å². The van der Waals surface area contributed by atoms with Gasteiger partial charge >= 0.3 is 5.97 Å². The molecule has 1 unspecified atom stereocenters.